The number of amides is 2. The molecule has 3 N–H and O–H groups in total. The molecule has 0 radical (unpaired) electrons. The molecule has 0 bridgehead atoms. The van der Waals surface area contributed by atoms with Crippen LogP contribution >= 0.6 is 0 Å². The van der Waals surface area contributed by atoms with Crippen molar-refractivity contribution in [2.24, 2.45) is 5.92 Å². The lowest BCUT2D eigenvalue weighted by Crippen LogP contribution is -2.24. The largest absolute Gasteiger partial charge is 0.465 e. The number of hydrogen-bond acceptors (Lipinski definition) is 3. The molecular formula is C19H21N3O3. The van der Waals surface area contributed by atoms with Crippen LogP contribution in [0, 0.1) is 12.8 Å². The van der Waals surface area contributed by atoms with E-state index in [2.05, 4.69) is 15.6 Å². The third kappa shape index (κ3) is 4.15. The van der Waals surface area contributed by atoms with Gasteiger partial charge in [0.2, 0.25) is 5.91 Å². The highest BCUT2D eigenvalue weighted by molar-refractivity contribution is 5.93. The first-order valence-electron chi connectivity index (χ1n) is 8.31. The molecule has 1 aromatic heterocycles. The molecule has 1 saturated carbocycles. The van der Waals surface area contributed by atoms with Crippen LogP contribution in [0.25, 0.3) is 11.1 Å². The van der Waals surface area contributed by atoms with Crippen LogP contribution in [-0.4, -0.2) is 22.1 Å². The number of nitrogens with zero attached hydrogens (tertiary/aromatic N) is 1. The number of anilines is 1. The summed E-state index contributed by atoms with van der Waals surface area (Å²) < 4.78 is 0. The minimum atomic E-state index is -1.04. The number of benzene rings is 1. The summed E-state index contributed by atoms with van der Waals surface area (Å²) in [5, 5.41) is 14.2. The Bertz CT molecular complexity index is 815. The minimum Gasteiger partial charge on any atom is -0.465 e. The second-order valence-electron chi connectivity index (χ2n) is 6.44. The third-order valence-electron chi connectivity index (χ3n) is 4.37. The number of aryl methyl sites for hydroxylation is 1. The molecule has 3 rings (SSSR count). The highest BCUT2D eigenvalue weighted by Gasteiger charge is 2.29. The summed E-state index contributed by atoms with van der Waals surface area (Å²) in [7, 11) is 0. The zero-order chi connectivity index (χ0) is 18.0. The average Bonchev–Trinajstić information content (AvgIpc) is 3.39. The Balaban J connectivity index is 1.80. The first-order valence-corrected chi connectivity index (χ1v) is 8.31. The van der Waals surface area contributed by atoms with Crippen molar-refractivity contribution < 1.29 is 14.7 Å². The van der Waals surface area contributed by atoms with Gasteiger partial charge in [0.15, 0.2) is 0 Å². The number of aromatic nitrogens is 1. The molecule has 6 nitrogen and oxygen atoms in total. The molecule has 6 heteroatoms. The fourth-order valence-corrected chi connectivity index (χ4v) is 2.86. The van der Waals surface area contributed by atoms with Crippen molar-refractivity contribution in [3.05, 3.63) is 47.7 Å². The van der Waals surface area contributed by atoms with Crippen molar-refractivity contribution in [2.75, 3.05) is 5.32 Å². The molecule has 2 amide bonds. The predicted octanol–water partition coefficient (Wildman–Crippen LogP) is 3.73. The Labute approximate surface area is 146 Å². The zero-order valence-electron chi connectivity index (χ0n) is 14.2. The molecule has 1 aliphatic rings. The maximum atomic E-state index is 11.9. The van der Waals surface area contributed by atoms with Gasteiger partial charge in [0.05, 0.1) is 6.04 Å². The maximum Gasteiger partial charge on any atom is 0.405 e. The van der Waals surface area contributed by atoms with Gasteiger partial charge < -0.3 is 15.7 Å². The Morgan fingerprint density at radius 1 is 1.20 bits per heavy atom. The molecule has 1 aromatic carbocycles. The molecule has 1 fully saturated rings. The van der Waals surface area contributed by atoms with E-state index in [9.17, 15) is 9.59 Å². The van der Waals surface area contributed by atoms with Crippen molar-refractivity contribution in [1.29, 1.82) is 0 Å². The topological polar surface area (TPSA) is 91.3 Å². The molecule has 0 aliphatic heterocycles. The van der Waals surface area contributed by atoms with E-state index >= 15 is 0 Å². The van der Waals surface area contributed by atoms with Crippen molar-refractivity contribution in [1.82, 2.24) is 10.3 Å². The second kappa shape index (κ2) is 6.93. The normalized spacial score (nSPS) is 14.6. The number of carboxylic acid groups (broad SMARTS) is 1. The predicted molar refractivity (Wildman–Crippen MR) is 95.3 cm³/mol. The fourth-order valence-electron chi connectivity index (χ4n) is 2.86. The smallest absolute Gasteiger partial charge is 0.405 e. The number of carbonyl (C=O) groups excluding carboxylic acids is 1. The molecule has 2 aromatic rings. The van der Waals surface area contributed by atoms with Crippen LogP contribution in [0.5, 0.6) is 0 Å². The number of pyridine rings is 1. The van der Waals surface area contributed by atoms with Gasteiger partial charge in [-0.05, 0) is 61.1 Å². The summed E-state index contributed by atoms with van der Waals surface area (Å²) in [6.45, 7) is 3.77. The van der Waals surface area contributed by atoms with Crippen LogP contribution < -0.4 is 10.6 Å². The number of hydrogen-bond donors (Lipinski definition) is 3. The molecule has 1 heterocycles. The van der Waals surface area contributed by atoms with E-state index in [1.54, 1.807) is 6.20 Å². The van der Waals surface area contributed by atoms with E-state index in [4.69, 9.17) is 5.11 Å². The third-order valence-corrected chi connectivity index (χ3v) is 4.37. The first-order chi connectivity index (χ1) is 11.9. The van der Waals surface area contributed by atoms with Crippen LogP contribution in [0.1, 0.15) is 36.9 Å². The SMILES string of the molecule is Cc1cc(-c2ccnc(NC(=O)C3CC3)c2)ccc1[C@@H](C)NC(=O)O. The van der Waals surface area contributed by atoms with Crippen LogP contribution in [0.15, 0.2) is 36.5 Å². The van der Waals surface area contributed by atoms with Crippen LogP contribution in [0.2, 0.25) is 0 Å². The van der Waals surface area contributed by atoms with Crippen LogP contribution in [0.3, 0.4) is 0 Å². The van der Waals surface area contributed by atoms with Gasteiger partial charge in [0, 0.05) is 12.1 Å². The average molecular weight is 339 g/mol. The molecule has 25 heavy (non-hydrogen) atoms. The van der Waals surface area contributed by atoms with Crippen LogP contribution in [0.4, 0.5) is 10.6 Å². The van der Waals surface area contributed by atoms with E-state index < -0.39 is 6.09 Å². The summed E-state index contributed by atoms with van der Waals surface area (Å²) in [4.78, 5) is 26.9. The molecule has 130 valence electrons. The van der Waals surface area contributed by atoms with Gasteiger partial charge >= 0.3 is 6.09 Å². The van der Waals surface area contributed by atoms with Gasteiger partial charge in [-0.25, -0.2) is 9.78 Å². The first kappa shape index (κ1) is 17.0. The summed E-state index contributed by atoms with van der Waals surface area (Å²) in [5.41, 5.74) is 3.88. The Hall–Kier alpha value is -2.89. The van der Waals surface area contributed by atoms with E-state index in [0.717, 1.165) is 35.1 Å². The minimum absolute atomic E-state index is 0.0322. The van der Waals surface area contributed by atoms with E-state index in [-0.39, 0.29) is 17.9 Å². The monoisotopic (exact) mass is 339 g/mol. The van der Waals surface area contributed by atoms with Crippen molar-refractivity contribution >= 4 is 17.8 Å². The van der Waals surface area contributed by atoms with Gasteiger partial charge in [0.25, 0.3) is 0 Å². The van der Waals surface area contributed by atoms with Gasteiger partial charge in [-0.15, -0.1) is 0 Å². The maximum absolute atomic E-state index is 11.9. The second-order valence-corrected chi connectivity index (χ2v) is 6.44. The van der Waals surface area contributed by atoms with Crippen molar-refractivity contribution in [3.63, 3.8) is 0 Å². The number of nitrogens with one attached hydrogen (secondary N) is 2. The summed E-state index contributed by atoms with van der Waals surface area (Å²) in [6, 6.07) is 9.35. The highest BCUT2D eigenvalue weighted by Crippen LogP contribution is 2.31. The Morgan fingerprint density at radius 3 is 2.56 bits per heavy atom. The molecule has 1 atom stereocenters. The summed E-state index contributed by atoms with van der Waals surface area (Å²) in [6.07, 6.45) is 2.54. The molecule has 0 spiro atoms. The Morgan fingerprint density at radius 2 is 1.92 bits per heavy atom. The van der Waals surface area contributed by atoms with Gasteiger partial charge in [0.1, 0.15) is 5.82 Å². The lowest BCUT2D eigenvalue weighted by atomic mass is 9.97. The van der Waals surface area contributed by atoms with Gasteiger partial charge in [-0.2, -0.15) is 0 Å². The quantitative estimate of drug-likeness (QED) is 0.774. The lowest BCUT2D eigenvalue weighted by Gasteiger charge is -2.16. The van der Waals surface area contributed by atoms with E-state index in [0.29, 0.717) is 5.82 Å². The van der Waals surface area contributed by atoms with Crippen LogP contribution in [-0.2, 0) is 4.79 Å². The fraction of sp³-hybridized carbons (Fsp3) is 0.316. The lowest BCUT2D eigenvalue weighted by molar-refractivity contribution is -0.117. The summed E-state index contributed by atoms with van der Waals surface area (Å²) >= 11 is 0. The van der Waals surface area contributed by atoms with Gasteiger partial charge in [-0.3, -0.25) is 4.79 Å². The van der Waals surface area contributed by atoms with Crippen molar-refractivity contribution in [2.45, 2.75) is 32.7 Å². The standard InChI is InChI=1S/C19H21N3O3/c1-11-9-14(5-6-16(11)12(2)21-19(24)25)15-7-8-20-17(10-15)22-18(23)13-3-4-13/h5-10,12-13,21H,3-4H2,1-2H3,(H,24,25)(H,20,22,23)/t12-/m1/s1. The van der Waals surface area contributed by atoms with Gasteiger partial charge in [-0.1, -0.05) is 18.2 Å². The Kier molecular flexibility index (Phi) is 4.70. The van der Waals surface area contributed by atoms with Crippen molar-refractivity contribution in [3.8, 4) is 11.1 Å². The van der Waals surface area contributed by atoms with E-state index in [1.807, 2.05) is 44.2 Å². The number of rotatable bonds is 5. The zero-order valence-corrected chi connectivity index (χ0v) is 14.2. The molecule has 0 unspecified atom stereocenters. The highest BCUT2D eigenvalue weighted by atomic mass is 16.4. The molecular weight excluding hydrogens is 318 g/mol. The molecule has 1 aliphatic carbocycles. The summed E-state index contributed by atoms with van der Waals surface area (Å²) in [5.74, 6) is 0.719. The van der Waals surface area contributed by atoms with E-state index in [1.165, 1.54) is 0 Å². The molecule has 0 saturated heterocycles. The number of carbonyl (C=O) groups is 2.